The first-order valence-electron chi connectivity index (χ1n) is 5.79. The van der Waals surface area contributed by atoms with Crippen molar-refractivity contribution in [3.8, 4) is 0 Å². The molecule has 0 fully saturated rings. The molecule has 0 aliphatic heterocycles. The van der Waals surface area contributed by atoms with E-state index in [1.54, 1.807) is 13.8 Å². The number of hydrogen-bond donors (Lipinski definition) is 3. The second-order valence-corrected chi connectivity index (χ2v) is 6.17. The van der Waals surface area contributed by atoms with Crippen molar-refractivity contribution in [3.05, 3.63) is 0 Å². The molecule has 0 bridgehead atoms. The molecule has 0 aromatic carbocycles. The number of carbonyl (C=O) groups is 1. The van der Waals surface area contributed by atoms with Gasteiger partial charge in [-0.05, 0) is 13.3 Å². The van der Waals surface area contributed by atoms with E-state index in [0.717, 1.165) is 6.42 Å². The molecule has 0 spiro atoms. The summed E-state index contributed by atoms with van der Waals surface area (Å²) < 4.78 is 24.9. The molecule has 0 radical (unpaired) electrons. The lowest BCUT2D eigenvalue weighted by molar-refractivity contribution is -0.125. The van der Waals surface area contributed by atoms with Crippen LogP contribution in [-0.4, -0.2) is 38.7 Å². The lowest BCUT2D eigenvalue weighted by Crippen LogP contribution is -2.52. The van der Waals surface area contributed by atoms with E-state index < -0.39 is 15.6 Å². The summed E-state index contributed by atoms with van der Waals surface area (Å²) in [5, 5.41) is 2.54. The zero-order valence-electron chi connectivity index (χ0n) is 10.7. The fraction of sp³-hybridized carbons (Fsp3) is 0.900. The van der Waals surface area contributed by atoms with Crippen molar-refractivity contribution in [1.29, 1.82) is 0 Å². The average molecular weight is 265 g/mol. The Hall–Kier alpha value is -0.660. The van der Waals surface area contributed by atoms with E-state index in [2.05, 4.69) is 10.0 Å². The SMILES string of the molecule is CCCC(C)(N)C(=O)NCCS(=O)(=O)NCC. The van der Waals surface area contributed by atoms with Gasteiger partial charge in [0.1, 0.15) is 0 Å². The maximum Gasteiger partial charge on any atom is 0.239 e. The number of nitrogens with two attached hydrogens (primary N) is 1. The molecule has 6 nitrogen and oxygen atoms in total. The van der Waals surface area contributed by atoms with Crippen molar-refractivity contribution < 1.29 is 13.2 Å². The van der Waals surface area contributed by atoms with Crippen LogP contribution in [0.5, 0.6) is 0 Å². The van der Waals surface area contributed by atoms with Gasteiger partial charge in [-0.15, -0.1) is 0 Å². The Labute approximate surface area is 103 Å². The Morgan fingerprint density at radius 2 is 1.94 bits per heavy atom. The Kier molecular flexibility index (Phi) is 6.66. The number of nitrogens with one attached hydrogen (secondary N) is 2. The van der Waals surface area contributed by atoms with Crippen molar-refractivity contribution in [2.24, 2.45) is 5.73 Å². The molecule has 4 N–H and O–H groups in total. The van der Waals surface area contributed by atoms with Crippen LogP contribution in [0.4, 0.5) is 0 Å². The van der Waals surface area contributed by atoms with Gasteiger partial charge < -0.3 is 11.1 Å². The highest BCUT2D eigenvalue weighted by molar-refractivity contribution is 7.89. The summed E-state index contributed by atoms with van der Waals surface area (Å²) in [5.74, 6) is -0.444. The summed E-state index contributed by atoms with van der Waals surface area (Å²) in [5.41, 5.74) is 4.87. The highest BCUT2D eigenvalue weighted by Gasteiger charge is 2.26. The number of hydrogen-bond acceptors (Lipinski definition) is 4. The zero-order chi connectivity index (χ0) is 13.5. The summed E-state index contributed by atoms with van der Waals surface area (Å²) in [6.45, 7) is 5.71. The van der Waals surface area contributed by atoms with Crippen LogP contribution in [-0.2, 0) is 14.8 Å². The second kappa shape index (κ2) is 6.93. The molecule has 0 saturated heterocycles. The van der Waals surface area contributed by atoms with Crippen molar-refractivity contribution in [3.63, 3.8) is 0 Å². The molecule has 0 saturated carbocycles. The minimum atomic E-state index is -3.29. The van der Waals surface area contributed by atoms with Crippen molar-refractivity contribution in [2.45, 2.75) is 39.2 Å². The Bertz CT molecular complexity index is 339. The van der Waals surface area contributed by atoms with Crippen molar-refractivity contribution >= 4 is 15.9 Å². The van der Waals surface area contributed by atoms with Crippen LogP contribution in [0.1, 0.15) is 33.6 Å². The topological polar surface area (TPSA) is 101 Å². The fourth-order valence-electron chi connectivity index (χ4n) is 1.43. The molecular weight excluding hydrogens is 242 g/mol. The van der Waals surface area contributed by atoms with Crippen LogP contribution >= 0.6 is 0 Å². The van der Waals surface area contributed by atoms with Gasteiger partial charge in [-0.3, -0.25) is 4.79 Å². The van der Waals surface area contributed by atoms with Gasteiger partial charge in [0, 0.05) is 13.1 Å². The van der Waals surface area contributed by atoms with E-state index in [-0.39, 0.29) is 18.2 Å². The maximum absolute atomic E-state index is 11.6. The normalized spacial score (nSPS) is 15.3. The van der Waals surface area contributed by atoms with Crippen LogP contribution in [0.2, 0.25) is 0 Å². The summed E-state index contributed by atoms with van der Waals surface area (Å²) in [7, 11) is -3.29. The third-order valence-electron chi connectivity index (χ3n) is 2.31. The van der Waals surface area contributed by atoms with Gasteiger partial charge in [0.05, 0.1) is 11.3 Å². The van der Waals surface area contributed by atoms with Crippen LogP contribution in [0, 0.1) is 0 Å². The van der Waals surface area contributed by atoms with Crippen molar-refractivity contribution in [2.75, 3.05) is 18.8 Å². The molecule has 1 atom stereocenters. The van der Waals surface area contributed by atoms with Crippen LogP contribution in [0.15, 0.2) is 0 Å². The first-order valence-corrected chi connectivity index (χ1v) is 7.45. The Balaban J connectivity index is 4.10. The van der Waals surface area contributed by atoms with Crippen LogP contribution in [0.25, 0.3) is 0 Å². The quantitative estimate of drug-likeness (QED) is 0.553. The molecule has 0 aromatic heterocycles. The molecule has 0 aromatic rings. The number of carbonyl (C=O) groups excluding carboxylic acids is 1. The molecular formula is C10H23N3O3S. The fourth-order valence-corrected chi connectivity index (χ4v) is 2.38. The largest absolute Gasteiger partial charge is 0.353 e. The van der Waals surface area contributed by atoms with Gasteiger partial charge in [0.2, 0.25) is 15.9 Å². The first kappa shape index (κ1) is 16.3. The molecule has 0 aliphatic carbocycles. The first-order chi connectivity index (χ1) is 7.75. The minimum Gasteiger partial charge on any atom is -0.353 e. The van der Waals surface area contributed by atoms with E-state index in [4.69, 9.17) is 5.73 Å². The van der Waals surface area contributed by atoms with E-state index >= 15 is 0 Å². The van der Waals surface area contributed by atoms with Gasteiger partial charge in [-0.25, -0.2) is 13.1 Å². The standard InChI is InChI=1S/C10H23N3O3S/c1-4-6-10(3,11)9(14)12-7-8-17(15,16)13-5-2/h13H,4-8,11H2,1-3H3,(H,12,14). The highest BCUT2D eigenvalue weighted by Crippen LogP contribution is 2.07. The van der Waals surface area contributed by atoms with Gasteiger partial charge in [0.25, 0.3) is 0 Å². The average Bonchev–Trinajstić information content (AvgIpc) is 2.16. The van der Waals surface area contributed by atoms with Crippen LogP contribution < -0.4 is 15.8 Å². The molecule has 0 heterocycles. The van der Waals surface area contributed by atoms with Crippen molar-refractivity contribution in [1.82, 2.24) is 10.0 Å². The number of amides is 1. The smallest absolute Gasteiger partial charge is 0.239 e. The van der Waals surface area contributed by atoms with Gasteiger partial charge in [0.15, 0.2) is 0 Å². The van der Waals surface area contributed by atoms with E-state index in [1.807, 2.05) is 6.92 Å². The third kappa shape index (κ3) is 6.60. The maximum atomic E-state index is 11.6. The molecule has 102 valence electrons. The van der Waals surface area contributed by atoms with E-state index in [9.17, 15) is 13.2 Å². The second-order valence-electron chi connectivity index (χ2n) is 4.24. The summed E-state index contributed by atoms with van der Waals surface area (Å²) in [6.07, 6.45) is 1.37. The summed E-state index contributed by atoms with van der Waals surface area (Å²) in [4.78, 5) is 11.6. The predicted octanol–water partition coefficient (Wildman–Crippen LogP) is -0.441. The van der Waals surface area contributed by atoms with E-state index in [0.29, 0.717) is 13.0 Å². The third-order valence-corrected chi connectivity index (χ3v) is 3.78. The number of sulfonamides is 1. The monoisotopic (exact) mass is 265 g/mol. The molecule has 0 rings (SSSR count). The van der Waals surface area contributed by atoms with E-state index in [1.165, 1.54) is 0 Å². The highest BCUT2D eigenvalue weighted by atomic mass is 32.2. The molecule has 17 heavy (non-hydrogen) atoms. The Morgan fingerprint density at radius 3 is 2.41 bits per heavy atom. The van der Waals surface area contributed by atoms with Crippen LogP contribution in [0.3, 0.4) is 0 Å². The molecule has 7 heteroatoms. The molecule has 1 amide bonds. The van der Waals surface area contributed by atoms with Gasteiger partial charge >= 0.3 is 0 Å². The zero-order valence-corrected chi connectivity index (χ0v) is 11.6. The molecule has 1 unspecified atom stereocenters. The Morgan fingerprint density at radius 1 is 1.35 bits per heavy atom. The lowest BCUT2D eigenvalue weighted by Gasteiger charge is -2.22. The molecule has 0 aliphatic rings. The van der Waals surface area contributed by atoms with Gasteiger partial charge in [-0.1, -0.05) is 20.3 Å². The van der Waals surface area contributed by atoms with Gasteiger partial charge in [-0.2, -0.15) is 0 Å². The number of rotatable bonds is 8. The lowest BCUT2D eigenvalue weighted by atomic mass is 9.97. The summed E-state index contributed by atoms with van der Waals surface area (Å²) >= 11 is 0. The predicted molar refractivity (Wildman–Crippen MR) is 68.0 cm³/mol. The summed E-state index contributed by atoms with van der Waals surface area (Å²) in [6, 6.07) is 0. The minimum absolute atomic E-state index is 0.0741.